The molecule has 0 aliphatic heterocycles. The van der Waals surface area contributed by atoms with E-state index >= 15 is 0 Å². The normalized spacial score (nSPS) is 11.5. The Bertz CT molecular complexity index is 450. The van der Waals surface area contributed by atoms with Crippen molar-refractivity contribution in [3.8, 4) is 5.75 Å². The van der Waals surface area contributed by atoms with Crippen molar-refractivity contribution in [3.63, 3.8) is 0 Å². The third-order valence-corrected chi connectivity index (χ3v) is 3.48. The lowest BCUT2D eigenvalue weighted by atomic mass is 9.78. The molecule has 0 unspecified atom stereocenters. The zero-order valence-electron chi connectivity index (χ0n) is 10.0. The molecule has 0 spiro atoms. The molecule has 2 rings (SSSR count). The quantitative estimate of drug-likeness (QED) is 0.765. The van der Waals surface area contributed by atoms with Crippen molar-refractivity contribution in [2.75, 3.05) is 0 Å². The van der Waals surface area contributed by atoms with E-state index < -0.39 is 0 Å². The molecule has 0 saturated heterocycles. The van der Waals surface area contributed by atoms with Gasteiger partial charge >= 0.3 is 0 Å². The summed E-state index contributed by atoms with van der Waals surface area (Å²) in [6.45, 7) is 4.35. The molecule has 1 N–H and O–H groups in total. The van der Waals surface area contributed by atoms with Crippen LogP contribution < -0.4 is 0 Å². The van der Waals surface area contributed by atoms with E-state index in [9.17, 15) is 5.11 Å². The molecule has 0 aromatic heterocycles. The summed E-state index contributed by atoms with van der Waals surface area (Å²) in [5.41, 5.74) is 2.35. The van der Waals surface area contributed by atoms with E-state index in [-0.39, 0.29) is 5.41 Å². The summed E-state index contributed by atoms with van der Waals surface area (Å²) in [7, 11) is 0. The van der Waals surface area contributed by atoms with Gasteiger partial charge < -0.3 is 5.11 Å². The smallest absolute Gasteiger partial charge is 0.115 e. The summed E-state index contributed by atoms with van der Waals surface area (Å²) in [6.07, 6.45) is 0. The molecule has 0 amide bonds. The number of aromatic hydroxyl groups is 1. The van der Waals surface area contributed by atoms with Gasteiger partial charge in [-0.05, 0) is 35.4 Å². The van der Waals surface area contributed by atoms with Crippen molar-refractivity contribution < 1.29 is 5.11 Å². The molecule has 0 aliphatic carbocycles. The molecular weight excluding hydrogens is 228 g/mol. The Balaban J connectivity index is 2.41. The van der Waals surface area contributed by atoms with Crippen LogP contribution in [0.25, 0.3) is 0 Å². The van der Waals surface area contributed by atoms with Crippen LogP contribution in [0, 0.1) is 0 Å². The van der Waals surface area contributed by atoms with E-state index in [2.05, 4.69) is 38.6 Å². The van der Waals surface area contributed by atoms with Crippen molar-refractivity contribution in [1.82, 2.24) is 0 Å². The van der Waals surface area contributed by atoms with E-state index in [0.717, 1.165) is 4.90 Å². The fourth-order valence-corrected chi connectivity index (χ4v) is 2.07. The van der Waals surface area contributed by atoms with Gasteiger partial charge in [-0.25, -0.2) is 0 Å². The van der Waals surface area contributed by atoms with Crippen LogP contribution in [0.2, 0.25) is 0 Å². The number of hydrogen-bond donors (Lipinski definition) is 2. The molecule has 0 aliphatic rings. The van der Waals surface area contributed by atoms with Gasteiger partial charge in [0.25, 0.3) is 0 Å². The molecule has 0 bridgehead atoms. The largest absolute Gasteiger partial charge is 0.508 e. The number of hydrogen-bond acceptors (Lipinski definition) is 2. The summed E-state index contributed by atoms with van der Waals surface area (Å²) in [6, 6.07) is 15.6. The summed E-state index contributed by atoms with van der Waals surface area (Å²) in [4.78, 5) is 0.968. The van der Waals surface area contributed by atoms with Crippen molar-refractivity contribution in [1.29, 1.82) is 0 Å². The van der Waals surface area contributed by atoms with Crippen LogP contribution in [0.5, 0.6) is 5.75 Å². The van der Waals surface area contributed by atoms with Crippen molar-refractivity contribution in [2.24, 2.45) is 0 Å². The van der Waals surface area contributed by atoms with Crippen molar-refractivity contribution >= 4 is 12.6 Å². The zero-order chi connectivity index (χ0) is 12.5. The summed E-state index contributed by atoms with van der Waals surface area (Å²) >= 11 is 4.30. The first-order valence-corrected chi connectivity index (χ1v) is 6.04. The Morgan fingerprint density at radius 1 is 0.824 bits per heavy atom. The Kier molecular flexibility index (Phi) is 3.16. The first-order chi connectivity index (χ1) is 8.00. The van der Waals surface area contributed by atoms with Crippen LogP contribution in [0.4, 0.5) is 0 Å². The SMILES string of the molecule is CC(C)(c1ccc(O)cc1)c1ccc(S)cc1. The lowest BCUT2D eigenvalue weighted by Gasteiger charge is -2.26. The highest BCUT2D eigenvalue weighted by atomic mass is 32.1. The standard InChI is InChI=1S/C15H16OS/c1-15(2,11-3-7-13(16)8-4-11)12-5-9-14(17)10-6-12/h3-10,16-17H,1-2H3. The topological polar surface area (TPSA) is 20.2 Å². The Morgan fingerprint density at radius 2 is 1.24 bits per heavy atom. The molecule has 0 heterocycles. The minimum Gasteiger partial charge on any atom is -0.508 e. The average Bonchev–Trinajstić information content (AvgIpc) is 2.30. The third-order valence-electron chi connectivity index (χ3n) is 3.18. The van der Waals surface area contributed by atoms with Crippen molar-refractivity contribution in [3.05, 3.63) is 59.7 Å². The first-order valence-electron chi connectivity index (χ1n) is 5.59. The second-order valence-electron chi connectivity index (χ2n) is 4.72. The van der Waals surface area contributed by atoms with Crippen LogP contribution in [-0.4, -0.2) is 5.11 Å². The highest BCUT2D eigenvalue weighted by molar-refractivity contribution is 7.80. The van der Waals surface area contributed by atoms with Gasteiger partial charge in [-0.3, -0.25) is 0 Å². The van der Waals surface area contributed by atoms with Crippen LogP contribution in [0.15, 0.2) is 53.4 Å². The predicted molar refractivity (Wildman–Crippen MR) is 73.9 cm³/mol. The van der Waals surface area contributed by atoms with E-state index in [1.807, 2.05) is 24.3 Å². The molecule has 2 aromatic rings. The van der Waals surface area contributed by atoms with Gasteiger partial charge in [0, 0.05) is 10.3 Å². The van der Waals surface area contributed by atoms with Crippen LogP contribution in [0.1, 0.15) is 25.0 Å². The molecule has 2 aromatic carbocycles. The second kappa shape index (κ2) is 4.46. The van der Waals surface area contributed by atoms with Crippen LogP contribution >= 0.6 is 12.6 Å². The minimum atomic E-state index is -0.0742. The number of phenolic OH excluding ortho intramolecular Hbond substituents is 1. The van der Waals surface area contributed by atoms with Gasteiger partial charge in [-0.15, -0.1) is 12.6 Å². The van der Waals surface area contributed by atoms with Gasteiger partial charge in [0.2, 0.25) is 0 Å². The van der Waals surface area contributed by atoms with Crippen LogP contribution in [0.3, 0.4) is 0 Å². The fourth-order valence-electron chi connectivity index (χ4n) is 1.92. The van der Waals surface area contributed by atoms with E-state index in [1.165, 1.54) is 11.1 Å². The summed E-state index contributed by atoms with van der Waals surface area (Å²) in [5, 5.41) is 9.32. The third kappa shape index (κ3) is 2.47. The lowest BCUT2D eigenvalue weighted by molar-refractivity contribution is 0.474. The Labute approximate surface area is 108 Å². The van der Waals surface area contributed by atoms with Gasteiger partial charge in [0.1, 0.15) is 5.75 Å². The molecular formula is C15H16OS. The Morgan fingerprint density at radius 3 is 1.71 bits per heavy atom. The van der Waals surface area contributed by atoms with Gasteiger partial charge in [-0.2, -0.15) is 0 Å². The molecule has 0 saturated carbocycles. The number of rotatable bonds is 2. The Hall–Kier alpha value is -1.41. The summed E-state index contributed by atoms with van der Waals surface area (Å²) < 4.78 is 0. The lowest BCUT2D eigenvalue weighted by Crippen LogP contribution is -2.18. The molecule has 2 heteroatoms. The number of benzene rings is 2. The zero-order valence-corrected chi connectivity index (χ0v) is 10.9. The van der Waals surface area contributed by atoms with Gasteiger partial charge in [0.15, 0.2) is 0 Å². The number of phenols is 1. The molecule has 0 radical (unpaired) electrons. The highest BCUT2D eigenvalue weighted by Gasteiger charge is 2.22. The van der Waals surface area contributed by atoms with Gasteiger partial charge in [0.05, 0.1) is 0 Å². The van der Waals surface area contributed by atoms with Crippen molar-refractivity contribution in [2.45, 2.75) is 24.2 Å². The van der Waals surface area contributed by atoms with Crippen LogP contribution in [-0.2, 0) is 5.41 Å². The molecule has 0 fully saturated rings. The maximum Gasteiger partial charge on any atom is 0.115 e. The molecule has 0 atom stereocenters. The molecule has 88 valence electrons. The summed E-state index contributed by atoms with van der Waals surface area (Å²) in [5.74, 6) is 0.301. The molecule has 17 heavy (non-hydrogen) atoms. The maximum atomic E-state index is 9.32. The monoisotopic (exact) mass is 244 g/mol. The second-order valence-corrected chi connectivity index (χ2v) is 5.24. The maximum absolute atomic E-state index is 9.32. The highest BCUT2D eigenvalue weighted by Crippen LogP contribution is 2.32. The van der Waals surface area contributed by atoms with E-state index in [4.69, 9.17) is 0 Å². The average molecular weight is 244 g/mol. The van der Waals surface area contributed by atoms with E-state index in [1.54, 1.807) is 12.1 Å². The molecule has 1 nitrogen and oxygen atoms in total. The fraction of sp³-hybridized carbons (Fsp3) is 0.200. The van der Waals surface area contributed by atoms with E-state index in [0.29, 0.717) is 5.75 Å². The number of thiol groups is 1. The van der Waals surface area contributed by atoms with Gasteiger partial charge in [-0.1, -0.05) is 38.1 Å². The predicted octanol–water partition coefficient (Wildman–Crippen LogP) is 4.01. The minimum absolute atomic E-state index is 0.0742. The first kappa shape index (κ1) is 12.1.